The molecule has 0 spiro atoms. The van der Waals surface area contributed by atoms with Gasteiger partial charge in [0.1, 0.15) is 5.69 Å². The molecule has 0 saturated carbocycles. The summed E-state index contributed by atoms with van der Waals surface area (Å²) in [7, 11) is 0. The molecule has 4 nitrogen and oxygen atoms in total. The summed E-state index contributed by atoms with van der Waals surface area (Å²) in [6, 6.07) is 12.5. The SMILES string of the molecule is CC(C)n1nccc1C(=O)N1C[C@H](c2ccccc2)C(C)(C)C1. The van der Waals surface area contributed by atoms with Crippen molar-refractivity contribution in [2.75, 3.05) is 13.1 Å². The van der Waals surface area contributed by atoms with Crippen molar-refractivity contribution in [1.82, 2.24) is 14.7 Å². The standard InChI is InChI=1S/C19H25N3O/c1-14(2)22-17(10-11-20-22)18(23)21-12-16(19(3,4)13-21)15-8-6-5-7-9-15/h5-11,14,16H,12-13H2,1-4H3/t16-/m1/s1. The van der Waals surface area contributed by atoms with Crippen molar-refractivity contribution in [2.24, 2.45) is 5.41 Å². The van der Waals surface area contributed by atoms with Gasteiger partial charge in [-0.3, -0.25) is 9.48 Å². The lowest BCUT2D eigenvalue weighted by Gasteiger charge is -2.25. The number of hydrogen-bond acceptors (Lipinski definition) is 2. The average molecular weight is 311 g/mol. The lowest BCUT2D eigenvalue weighted by molar-refractivity contribution is 0.0763. The quantitative estimate of drug-likeness (QED) is 0.866. The number of carbonyl (C=O) groups excluding carboxylic acids is 1. The number of nitrogens with zero attached hydrogens (tertiary/aromatic N) is 3. The van der Waals surface area contributed by atoms with Crippen LogP contribution in [0.5, 0.6) is 0 Å². The molecule has 1 amide bonds. The lowest BCUT2D eigenvalue weighted by atomic mass is 9.78. The molecule has 3 rings (SSSR count). The molecule has 1 aliphatic heterocycles. The van der Waals surface area contributed by atoms with E-state index in [-0.39, 0.29) is 17.4 Å². The van der Waals surface area contributed by atoms with Gasteiger partial charge in [0.25, 0.3) is 5.91 Å². The number of amides is 1. The van der Waals surface area contributed by atoms with E-state index in [4.69, 9.17) is 0 Å². The maximum Gasteiger partial charge on any atom is 0.272 e. The summed E-state index contributed by atoms with van der Waals surface area (Å²) in [6.45, 7) is 10.1. The summed E-state index contributed by atoms with van der Waals surface area (Å²) in [6.07, 6.45) is 1.71. The van der Waals surface area contributed by atoms with Gasteiger partial charge in [-0.15, -0.1) is 0 Å². The predicted molar refractivity (Wildman–Crippen MR) is 91.5 cm³/mol. The summed E-state index contributed by atoms with van der Waals surface area (Å²) in [5, 5.41) is 4.29. The van der Waals surface area contributed by atoms with Crippen LogP contribution in [0.4, 0.5) is 0 Å². The van der Waals surface area contributed by atoms with Crippen LogP contribution in [0.2, 0.25) is 0 Å². The molecule has 0 radical (unpaired) electrons. The number of carbonyl (C=O) groups is 1. The van der Waals surface area contributed by atoms with Gasteiger partial charge in [0.05, 0.1) is 0 Å². The van der Waals surface area contributed by atoms with Crippen LogP contribution < -0.4 is 0 Å². The fraction of sp³-hybridized carbons (Fsp3) is 0.474. The Morgan fingerprint density at radius 1 is 1.22 bits per heavy atom. The Morgan fingerprint density at radius 3 is 2.57 bits per heavy atom. The Hall–Kier alpha value is -2.10. The minimum absolute atomic E-state index is 0.0691. The number of rotatable bonds is 3. The maximum absolute atomic E-state index is 13.0. The fourth-order valence-electron chi connectivity index (χ4n) is 3.59. The van der Waals surface area contributed by atoms with E-state index in [1.54, 1.807) is 6.20 Å². The summed E-state index contributed by atoms with van der Waals surface area (Å²) in [5.74, 6) is 0.450. The van der Waals surface area contributed by atoms with Crippen LogP contribution in [-0.4, -0.2) is 33.7 Å². The molecule has 0 N–H and O–H groups in total. The third-order valence-electron chi connectivity index (χ3n) is 4.81. The summed E-state index contributed by atoms with van der Waals surface area (Å²) in [5.41, 5.74) is 2.06. The average Bonchev–Trinajstić information content (AvgIpc) is 3.11. The predicted octanol–water partition coefficient (Wildman–Crippen LogP) is 3.73. The van der Waals surface area contributed by atoms with Crippen molar-refractivity contribution in [3.63, 3.8) is 0 Å². The Morgan fingerprint density at radius 2 is 1.91 bits per heavy atom. The second-order valence-corrected chi connectivity index (χ2v) is 7.39. The summed E-state index contributed by atoms with van der Waals surface area (Å²) >= 11 is 0. The van der Waals surface area contributed by atoms with Gasteiger partial charge in [0.15, 0.2) is 0 Å². The Kier molecular flexibility index (Phi) is 4.00. The van der Waals surface area contributed by atoms with Gasteiger partial charge < -0.3 is 4.90 Å². The Labute approximate surface area is 138 Å². The van der Waals surface area contributed by atoms with Gasteiger partial charge in [-0.25, -0.2) is 0 Å². The largest absolute Gasteiger partial charge is 0.336 e. The number of aromatic nitrogens is 2. The first-order valence-corrected chi connectivity index (χ1v) is 8.28. The molecule has 1 aromatic heterocycles. The molecular weight excluding hydrogens is 286 g/mol. The third kappa shape index (κ3) is 2.90. The maximum atomic E-state index is 13.0. The molecule has 1 aliphatic rings. The molecule has 0 unspecified atom stereocenters. The van der Waals surface area contributed by atoms with E-state index in [0.717, 1.165) is 13.1 Å². The van der Waals surface area contributed by atoms with Crippen molar-refractivity contribution in [3.8, 4) is 0 Å². The second-order valence-electron chi connectivity index (χ2n) is 7.39. The molecule has 1 fully saturated rings. The van der Waals surface area contributed by atoms with Crippen LogP contribution in [0.15, 0.2) is 42.6 Å². The van der Waals surface area contributed by atoms with Crippen molar-refractivity contribution in [3.05, 3.63) is 53.9 Å². The van der Waals surface area contributed by atoms with E-state index in [2.05, 4.69) is 43.2 Å². The van der Waals surface area contributed by atoms with Crippen molar-refractivity contribution in [2.45, 2.75) is 39.7 Å². The summed E-state index contributed by atoms with van der Waals surface area (Å²) < 4.78 is 1.81. The first-order valence-electron chi connectivity index (χ1n) is 8.28. The van der Waals surface area contributed by atoms with E-state index >= 15 is 0 Å². The lowest BCUT2D eigenvalue weighted by Crippen LogP contribution is -2.32. The van der Waals surface area contributed by atoms with Crippen molar-refractivity contribution in [1.29, 1.82) is 0 Å². The molecule has 1 aromatic carbocycles. The van der Waals surface area contributed by atoms with Crippen LogP contribution in [0, 0.1) is 5.41 Å². The topological polar surface area (TPSA) is 38.1 Å². The highest BCUT2D eigenvalue weighted by molar-refractivity contribution is 5.93. The molecule has 1 atom stereocenters. The second kappa shape index (κ2) is 5.84. The zero-order chi connectivity index (χ0) is 16.6. The van der Waals surface area contributed by atoms with Gasteiger partial charge in [-0.05, 0) is 30.9 Å². The molecular formula is C19H25N3O. The molecule has 1 saturated heterocycles. The van der Waals surface area contributed by atoms with Crippen LogP contribution in [0.1, 0.15) is 55.7 Å². The third-order valence-corrected chi connectivity index (χ3v) is 4.81. The molecule has 4 heteroatoms. The van der Waals surface area contributed by atoms with Gasteiger partial charge in [-0.1, -0.05) is 44.2 Å². The smallest absolute Gasteiger partial charge is 0.272 e. The molecule has 122 valence electrons. The van der Waals surface area contributed by atoms with Gasteiger partial charge in [-0.2, -0.15) is 5.10 Å². The van der Waals surface area contributed by atoms with E-state index in [1.165, 1.54) is 5.56 Å². The summed E-state index contributed by atoms with van der Waals surface area (Å²) in [4.78, 5) is 14.9. The number of benzene rings is 1. The van der Waals surface area contributed by atoms with Crippen LogP contribution in [-0.2, 0) is 0 Å². The minimum atomic E-state index is 0.0691. The number of hydrogen-bond donors (Lipinski definition) is 0. The zero-order valence-electron chi connectivity index (χ0n) is 14.4. The van der Waals surface area contributed by atoms with Crippen LogP contribution in [0.25, 0.3) is 0 Å². The highest BCUT2D eigenvalue weighted by Crippen LogP contribution is 2.42. The van der Waals surface area contributed by atoms with Crippen LogP contribution >= 0.6 is 0 Å². The molecule has 2 heterocycles. The van der Waals surface area contributed by atoms with Crippen molar-refractivity contribution >= 4 is 5.91 Å². The molecule has 2 aromatic rings. The normalized spacial score (nSPS) is 20.2. The first kappa shape index (κ1) is 15.8. The zero-order valence-corrected chi connectivity index (χ0v) is 14.4. The Balaban J connectivity index is 1.85. The van der Waals surface area contributed by atoms with Gasteiger partial charge in [0, 0.05) is 31.2 Å². The molecule has 23 heavy (non-hydrogen) atoms. The van der Waals surface area contributed by atoms with E-state index < -0.39 is 0 Å². The minimum Gasteiger partial charge on any atom is -0.336 e. The van der Waals surface area contributed by atoms with E-state index in [9.17, 15) is 4.79 Å². The Bertz CT molecular complexity index is 688. The van der Waals surface area contributed by atoms with E-state index in [0.29, 0.717) is 11.6 Å². The highest BCUT2D eigenvalue weighted by atomic mass is 16.2. The van der Waals surface area contributed by atoms with Gasteiger partial charge >= 0.3 is 0 Å². The fourth-order valence-corrected chi connectivity index (χ4v) is 3.59. The van der Waals surface area contributed by atoms with Crippen LogP contribution in [0.3, 0.4) is 0 Å². The first-order chi connectivity index (χ1) is 10.9. The highest BCUT2D eigenvalue weighted by Gasteiger charge is 2.42. The molecule has 0 aliphatic carbocycles. The van der Waals surface area contributed by atoms with E-state index in [1.807, 2.05) is 35.6 Å². The van der Waals surface area contributed by atoms with Crippen molar-refractivity contribution < 1.29 is 4.79 Å². The van der Waals surface area contributed by atoms with Gasteiger partial charge in [0.2, 0.25) is 0 Å². The molecule has 0 bridgehead atoms. The monoisotopic (exact) mass is 311 g/mol. The number of likely N-dealkylation sites (tertiary alicyclic amines) is 1.